The van der Waals surface area contributed by atoms with Gasteiger partial charge in [0.2, 0.25) is 0 Å². The molecule has 1 aromatic rings. The molecule has 1 fully saturated rings. The molecule has 0 aromatic heterocycles. The summed E-state index contributed by atoms with van der Waals surface area (Å²) in [7, 11) is 0. The van der Waals surface area contributed by atoms with E-state index in [-0.39, 0.29) is 17.3 Å². The van der Waals surface area contributed by atoms with Gasteiger partial charge < -0.3 is 15.8 Å². The molecule has 3 N–H and O–H groups in total. The third kappa shape index (κ3) is 2.83. The summed E-state index contributed by atoms with van der Waals surface area (Å²) in [5.74, 6) is -0.266. The van der Waals surface area contributed by atoms with Crippen molar-refractivity contribution in [3.05, 3.63) is 33.8 Å². The van der Waals surface area contributed by atoms with Crippen molar-refractivity contribution in [2.45, 2.75) is 25.3 Å². The van der Waals surface area contributed by atoms with Crippen LogP contribution in [0.4, 0.5) is 0 Å². The highest BCUT2D eigenvalue weighted by Gasteiger charge is 2.32. The molecule has 0 saturated carbocycles. The van der Waals surface area contributed by atoms with Crippen LogP contribution in [0.25, 0.3) is 0 Å². The number of hydrogen-bond acceptors (Lipinski definition) is 3. The summed E-state index contributed by atoms with van der Waals surface area (Å²) in [6.07, 6.45) is 2.44. The van der Waals surface area contributed by atoms with Crippen molar-refractivity contribution in [2.75, 3.05) is 6.54 Å². The van der Waals surface area contributed by atoms with E-state index in [0.717, 1.165) is 12.8 Å². The largest absolute Gasteiger partial charge is 0.409 e. The van der Waals surface area contributed by atoms with E-state index < -0.39 is 6.04 Å². The number of carbonyl (C=O) groups excluding carboxylic acids is 1. The highest BCUT2D eigenvalue weighted by molar-refractivity contribution is 6.39. The van der Waals surface area contributed by atoms with E-state index in [1.54, 1.807) is 23.1 Å². The third-order valence-corrected chi connectivity index (χ3v) is 4.03. The molecular weight excluding hydrogens is 301 g/mol. The third-order valence-electron chi connectivity index (χ3n) is 3.40. The molecule has 7 heteroatoms. The van der Waals surface area contributed by atoms with Crippen LogP contribution in [-0.4, -0.2) is 34.4 Å². The summed E-state index contributed by atoms with van der Waals surface area (Å²) in [4.78, 5) is 14.2. The Kier molecular flexibility index (Phi) is 4.73. The maximum absolute atomic E-state index is 12.6. The predicted octanol–water partition coefficient (Wildman–Crippen LogP) is 2.73. The quantitative estimate of drug-likeness (QED) is 0.381. The molecule has 1 aliphatic heterocycles. The summed E-state index contributed by atoms with van der Waals surface area (Å²) >= 11 is 12.1. The molecule has 20 heavy (non-hydrogen) atoms. The van der Waals surface area contributed by atoms with Gasteiger partial charge in [-0.15, -0.1) is 0 Å². The van der Waals surface area contributed by atoms with Gasteiger partial charge in [-0.3, -0.25) is 4.79 Å². The van der Waals surface area contributed by atoms with Crippen LogP contribution in [0.2, 0.25) is 10.0 Å². The number of amides is 1. The average Bonchev–Trinajstić information content (AvgIpc) is 2.46. The Hall–Kier alpha value is -1.46. The topological polar surface area (TPSA) is 78.9 Å². The smallest absolute Gasteiger partial charge is 0.257 e. The maximum Gasteiger partial charge on any atom is 0.257 e. The van der Waals surface area contributed by atoms with Crippen molar-refractivity contribution >= 4 is 34.9 Å². The summed E-state index contributed by atoms with van der Waals surface area (Å²) in [6.45, 7) is 0.529. The zero-order valence-corrected chi connectivity index (χ0v) is 12.2. The molecule has 1 unspecified atom stereocenters. The Labute approximate surface area is 126 Å². The van der Waals surface area contributed by atoms with Gasteiger partial charge in [0.05, 0.1) is 21.7 Å². The molecule has 1 heterocycles. The minimum Gasteiger partial charge on any atom is -0.409 e. The number of oxime groups is 1. The first kappa shape index (κ1) is 14.9. The van der Waals surface area contributed by atoms with Gasteiger partial charge in [0, 0.05) is 6.54 Å². The Bertz CT molecular complexity index is 528. The van der Waals surface area contributed by atoms with Crippen LogP contribution in [0.5, 0.6) is 0 Å². The van der Waals surface area contributed by atoms with Gasteiger partial charge in [0.15, 0.2) is 5.84 Å². The van der Waals surface area contributed by atoms with Gasteiger partial charge in [-0.2, -0.15) is 0 Å². The van der Waals surface area contributed by atoms with E-state index in [2.05, 4.69) is 5.16 Å². The fourth-order valence-corrected chi connectivity index (χ4v) is 2.95. The SMILES string of the molecule is NC(=NO)C1CCCCN1C(=O)c1c(Cl)cccc1Cl. The van der Waals surface area contributed by atoms with E-state index in [0.29, 0.717) is 23.0 Å². The van der Waals surface area contributed by atoms with Gasteiger partial charge in [0.1, 0.15) is 0 Å². The number of rotatable bonds is 2. The molecule has 1 saturated heterocycles. The lowest BCUT2D eigenvalue weighted by Crippen LogP contribution is -2.50. The lowest BCUT2D eigenvalue weighted by Gasteiger charge is -2.35. The molecule has 0 bridgehead atoms. The Morgan fingerprint density at radius 1 is 1.35 bits per heavy atom. The number of nitrogens with two attached hydrogens (primary N) is 1. The highest BCUT2D eigenvalue weighted by Crippen LogP contribution is 2.28. The molecular formula is C13H15Cl2N3O2. The van der Waals surface area contributed by atoms with Gasteiger partial charge in [-0.05, 0) is 31.4 Å². The molecule has 1 aromatic carbocycles. The van der Waals surface area contributed by atoms with Crippen LogP contribution >= 0.6 is 23.2 Å². The first-order valence-electron chi connectivity index (χ1n) is 6.28. The highest BCUT2D eigenvalue weighted by atomic mass is 35.5. The van der Waals surface area contributed by atoms with E-state index in [9.17, 15) is 4.79 Å². The number of benzene rings is 1. The number of likely N-dealkylation sites (tertiary alicyclic amines) is 1. The minimum atomic E-state index is -0.423. The Morgan fingerprint density at radius 3 is 2.60 bits per heavy atom. The van der Waals surface area contributed by atoms with Crippen molar-refractivity contribution in [3.8, 4) is 0 Å². The summed E-state index contributed by atoms with van der Waals surface area (Å²) < 4.78 is 0. The molecule has 1 amide bonds. The van der Waals surface area contributed by atoms with E-state index >= 15 is 0 Å². The zero-order valence-electron chi connectivity index (χ0n) is 10.7. The van der Waals surface area contributed by atoms with Crippen molar-refractivity contribution in [1.29, 1.82) is 0 Å². The predicted molar refractivity (Wildman–Crippen MR) is 78.5 cm³/mol. The number of hydrogen-bond donors (Lipinski definition) is 2. The first-order valence-corrected chi connectivity index (χ1v) is 7.04. The van der Waals surface area contributed by atoms with Crippen molar-refractivity contribution in [2.24, 2.45) is 10.9 Å². The fourth-order valence-electron chi connectivity index (χ4n) is 2.39. The normalized spacial score (nSPS) is 20.0. The van der Waals surface area contributed by atoms with Crippen LogP contribution < -0.4 is 5.73 Å². The van der Waals surface area contributed by atoms with E-state index in [4.69, 9.17) is 34.1 Å². The minimum absolute atomic E-state index is 0.0289. The monoisotopic (exact) mass is 315 g/mol. The fraction of sp³-hybridized carbons (Fsp3) is 0.385. The van der Waals surface area contributed by atoms with Gasteiger partial charge in [0.25, 0.3) is 5.91 Å². The molecule has 1 atom stereocenters. The number of nitrogens with zero attached hydrogens (tertiary/aromatic N) is 2. The lowest BCUT2D eigenvalue weighted by atomic mass is 10.00. The second kappa shape index (κ2) is 6.33. The first-order chi connectivity index (χ1) is 9.56. The van der Waals surface area contributed by atoms with E-state index in [1.807, 2.05) is 0 Å². The van der Waals surface area contributed by atoms with Gasteiger partial charge in [-0.1, -0.05) is 34.4 Å². The Balaban J connectivity index is 2.35. The summed E-state index contributed by atoms with van der Waals surface area (Å²) in [6, 6.07) is 4.49. The van der Waals surface area contributed by atoms with Crippen LogP contribution in [0, 0.1) is 0 Å². The van der Waals surface area contributed by atoms with Crippen molar-refractivity contribution < 1.29 is 10.0 Å². The van der Waals surface area contributed by atoms with Crippen LogP contribution in [0.3, 0.4) is 0 Å². The molecule has 108 valence electrons. The van der Waals surface area contributed by atoms with Crippen molar-refractivity contribution in [3.63, 3.8) is 0 Å². The molecule has 5 nitrogen and oxygen atoms in total. The molecule has 0 aliphatic carbocycles. The molecule has 1 aliphatic rings. The van der Waals surface area contributed by atoms with Crippen LogP contribution in [0.1, 0.15) is 29.6 Å². The van der Waals surface area contributed by atoms with Crippen LogP contribution in [-0.2, 0) is 0 Å². The number of amidine groups is 1. The number of carbonyl (C=O) groups is 1. The number of halogens is 2. The maximum atomic E-state index is 12.6. The average molecular weight is 316 g/mol. The lowest BCUT2D eigenvalue weighted by molar-refractivity contribution is 0.0677. The second-order valence-electron chi connectivity index (χ2n) is 4.63. The zero-order chi connectivity index (χ0) is 14.7. The number of piperidine rings is 1. The molecule has 2 rings (SSSR count). The summed E-state index contributed by atoms with van der Waals surface area (Å²) in [5.41, 5.74) is 5.93. The standard InChI is InChI=1S/C13H15Cl2N3O2/c14-8-4-3-5-9(15)11(8)13(19)18-7-2-1-6-10(18)12(16)17-20/h3-5,10,20H,1-2,6-7H2,(H2,16,17). The second-order valence-corrected chi connectivity index (χ2v) is 5.45. The van der Waals surface area contributed by atoms with Gasteiger partial charge >= 0.3 is 0 Å². The Morgan fingerprint density at radius 2 is 2.00 bits per heavy atom. The molecule has 0 radical (unpaired) electrons. The van der Waals surface area contributed by atoms with Crippen molar-refractivity contribution in [1.82, 2.24) is 4.90 Å². The summed E-state index contributed by atoms with van der Waals surface area (Å²) in [5, 5.41) is 12.5. The molecule has 0 spiro atoms. The van der Waals surface area contributed by atoms with Crippen LogP contribution in [0.15, 0.2) is 23.4 Å². The van der Waals surface area contributed by atoms with E-state index in [1.165, 1.54) is 0 Å². The van der Waals surface area contributed by atoms with Gasteiger partial charge in [-0.25, -0.2) is 0 Å².